The number of β-lactam (4-membered cyclic amide) rings is 1. The minimum atomic E-state index is -1.80. The van der Waals surface area contributed by atoms with Crippen LogP contribution in [0.25, 0.3) is 0 Å². The summed E-state index contributed by atoms with van der Waals surface area (Å²) in [5.74, 6) is -6.07. The van der Waals surface area contributed by atoms with Gasteiger partial charge in [-0.05, 0) is 26.0 Å². The number of hydrogen-bond acceptors (Lipinski definition) is 14. The zero-order chi connectivity index (χ0) is 35.7. The molecule has 0 radical (unpaired) electrons. The number of nitrogens with two attached hydrogens (primary N) is 1. The topological polar surface area (TPSA) is 257 Å². The number of aromatic nitrogens is 1. The van der Waals surface area contributed by atoms with Crippen molar-refractivity contribution in [3.8, 4) is 11.5 Å². The first-order chi connectivity index (χ1) is 22.3. The maximum absolute atomic E-state index is 13.3. The number of aliphatic carboxylic acids is 2. The van der Waals surface area contributed by atoms with E-state index >= 15 is 0 Å². The van der Waals surface area contributed by atoms with Crippen LogP contribution in [0.3, 0.4) is 0 Å². The fourth-order valence-electron chi connectivity index (χ4n) is 4.70. The molecule has 3 amide bonds. The first kappa shape index (κ1) is 36.2. The van der Waals surface area contributed by atoms with Crippen molar-refractivity contribution in [1.82, 2.24) is 20.5 Å². The maximum Gasteiger partial charge on any atom is 0.350 e. The minimum absolute atomic E-state index is 0.0192. The van der Waals surface area contributed by atoms with Crippen molar-refractivity contribution in [3.63, 3.8) is 0 Å². The molecule has 0 spiro atoms. The number of halogens is 1. The van der Waals surface area contributed by atoms with Gasteiger partial charge < -0.3 is 50.9 Å². The first-order valence-electron chi connectivity index (χ1n) is 14.0. The van der Waals surface area contributed by atoms with Crippen molar-refractivity contribution >= 4 is 75.2 Å². The number of carbonyl (C=O) groups is 5. The highest BCUT2D eigenvalue weighted by Gasteiger charge is 2.53. The van der Waals surface area contributed by atoms with Crippen LogP contribution in [0, 0.1) is 0 Å². The van der Waals surface area contributed by atoms with E-state index in [9.17, 15) is 44.4 Å². The Morgan fingerprint density at radius 3 is 2.56 bits per heavy atom. The number of fused-ring (bicyclic) bond motifs is 1. The van der Waals surface area contributed by atoms with Crippen LogP contribution in [0.2, 0.25) is 5.02 Å². The molecule has 3 heterocycles. The maximum atomic E-state index is 13.3. The molecule has 0 aliphatic carbocycles. The SMILES string of the molecule is CC(C)(O/N=C(\C(=O)N[C@@H]1C(=O)N2C(C(=O)[O-])=C(C[N+](C)(C)CCNC(=O)c3ccc(O)c(O)c3Cl)CS[C@H]12)c1csc(N)n1)C(=O)O. The Hall–Kier alpha value is -4.59. The number of oxime groups is 1. The number of quaternary nitrogens is 1. The summed E-state index contributed by atoms with van der Waals surface area (Å²) in [6, 6.07) is 1.23. The van der Waals surface area contributed by atoms with Gasteiger partial charge in [-0.1, -0.05) is 16.8 Å². The van der Waals surface area contributed by atoms with Crippen molar-refractivity contribution < 1.29 is 53.7 Å². The number of nitrogens with one attached hydrogen (secondary N) is 2. The van der Waals surface area contributed by atoms with Crippen molar-refractivity contribution in [1.29, 1.82) is 0 Å². The summed E-state index contributed by atoms with van der Waals surface area (Å²) in [6.45, 7) is 3.06. The number of rotatable bonds is 13. The Morgan fingerprint density at radius 1 is 1.27 bits per heavy atom. The molecule has 17 nitrogen and oxygen atoms in total. The molecule has 2 aromatic rings. The zero-order valence-corrected chi connectivity index (χ0v) is 28.4. The van der Waals surface area contributed by atoms with Crippen molar-refractivity contribution in [2.24, 2.45) is 5.16 Å². The molecule has 1 aromatic carbocycles. The first-order valence-corrected chi connectivity index (χ1v) is 16.4. The van der Waals surface area contributed by atoms with E-state index < -0.39 is 63.9 Å². The number of thioether (sulfide) groups is 1. The van der Waals surface area contributed by atoms with E-state index in [-0.39, 0.29) is 50.4 Å². The molecule has 0 bridgehead atoms. The molecule has 1 aromatic heterocycles. The molecular formula is C28H32ClN7O10S2. The summed E-state index contributed by atoms with van der Waals surface area (Å²) in [4.78, 5) is 73.1. The molecule has 1 fully saturated rings. The van der Waals surface area contributed by atoms with Crippen LogP contribution in [0.5, 0.6) is 11.5 Å². The number of hydrogen-bond donors (Lipinski definition) is 6. The van der Waals surface area contributed by atoms with E-state index in [4.69, 9.17) is 22.2 Å². The molecule has 48 heavy (non-hydrogen) atoms. The van der Waals surface area contributed by atoms with Gasteiger partial charge in [0.25, 0.3) is 17.7 Å². The van der Waals surface area contributed by atoms with E-state index in [1.54, 1.807) is 14.1 Å². The van der Waals surface area contributed by atoms with Gasteiger partial charge in [-0.25, -0.2) is 9.78 Å². The number of nitrogens with zero attached hydrogens (tertiary/aromatic N) is 4. The van der Waals surface area contributed by atoms with Crippen LogP contribution >= 0.6 is 34.7 Å². The second-order valence-electron chi connectivity index (χ2n) is 11.9. The number of carboxylic acid groups (broad SMARTS) is 2. The summed E-state index contributed by atoms with van der Waals surface area (Å²) < 4.78 is 0.192. The van der Waals surface area contributed by atoms with E-state index in [0.29, 0.717) is 12.1 Å². The standard InChI is InChI=1S/C28H32ClN7O10S2/c1-28(2,26(44)45)46-34-17(14-11-48-27(30)32-14)22(40)33-18-23(41)35-19(25(42)43)12(10-47-24(18)35)9-36(3,4)8-7-31-21(39)13-5-6-15(37)20(38)16(13)29/h5-6,11,18,24H,7-10H2,1-4H3,(H7-,30,31,32,33,34,37,38,39,40,42,43,44,45)/t18-,24-/m1/s1. The number of thiazole rings is 1. The van der Waals surface area contributed by atoms with E-state index in [1.165, 1.54) is 37.1 Å². The Labute approximate surface area is 286 Å². The van der Waals surface area contributed by atoms with Gasteiger partial charge in [-0.3, -0.25) is 19.3 Å². The number of carboxylic acids is 2. The molecule has 2 aliphatic heterocycles. The number of aromatic hydroxyl groups is 2. The number of carbonyl (C=O) groups excluding carboxylic acids is 4. The van der Waals surface area contributed by atoms with Crippen molar-refractivity contribution in [3.05, 3.63) is 45.1 Å². The summed E-state index contributed by atoms with van der Waals surface area (Å²) in [7, 11) is 3.59. The zero-order valence-electron chi connectivity index (χ0n) is 26.0. The Balaban J connectivity index is 1.45. The van der Waals surface area contributed by atoms with E-state index in [2.05, 4.69) is 20.8 Å². The summed E-state index contributed by atoms with van der Waals surface area (Å²) >= 11 is 8.18. The molecule has 20 heteroatoms. The van der Waals surface area contributed by atoms with E-state index in [0.717, 1.165) is 22.3 Å². The average molecular weight is 726 g/mol. The van der Waals surface area contributed by atoms with Crippen LogP contribution in [-0.4, -0.2) is 122 Å². The van der Waals surface area contributed by atoms with E-state index in [1.807, 2.05) is 0 Å². The Bertz CT molecular complexity index is 1740. The van der Waals surface area contributed by atoms with Gasteiger partial charge in [0, 0.05) is 16.7 Å². The molecule has 7 N–H and O–H groups in total. The Kier molecular flexibility index (Phi) is 10.5. The molecule has 258 valence electrons. The molecule has 2 aliphatic rings. The number of amides is 3. The number of likely N-dealkylation sites (N-methyl/N-ethyl adjacent to an activating group) is 1. The highest BCUT2D eigenvalue weighted by atomic mass is 35.5. The lowest BCUT2D eigenvalue weighted by molar-refractivity contribution is -0.884. The number of phenolic OH excluding ortho intramolecular Hbond substituents is 2. The molecule has 2 atom stereocenters. The summed E-state index contributed by atoms with van der Waals surface area (Å²) in [6.07, 6.45) is 0. The third-order valence-corrected chi connectivity index (χ3v) is 9.74. The van der Waals surface area contributed by atoms with Gasteiger partial charge in [0.15, 0.2) is 22.3 Å². The lowest BCUT2D eigenvalue weighted by Crippen LogP contribution is -2.71. The molecular weight excluding hydrogens is 694 g/mol. The largest absolute Gasteiger partial charge is 0.543 e. The van der Waals surface area contributed by atoms with Crippen LogP contribution in [0.1, 0.15) is 29.9 Å². The summed E-state index contributed by atoms with van der Waals surface area (Å²) in [5.41, 5.74) is 3.48. The minimum Gasteiger partial charge on any atom is -0.543 e. The lowest BCUT2D eigenvalue weighted by atomic mass is 10.0. The number of benzene rings is 1. The second-order valence-corrected chi connectivity index (χ2v) is 14.3. The van der Waals surface area contributed by atoms with Crippen molar-refractivity contribution in [2.75, 3.05) is 45.2 Å². The van der Waals surface area contributed by atoms with Gasteiger partial charge in [0.2, 0.25) is 5.60 Å². The molecule has 4 rings (SSSR count). The monoisotopic (exact) mass is 725 g/mol. The predicted octanol–water partition coefficient (Wildman–Crippen LogP) is -0.716. The molecule has 0 saturated carbocycles. The van der Waals surface area contributed by atoms with Crippen LogP contribution in [0.15, 0.2) is 33.9 Å². The fraction of sp³-hybridized carbons (Fsp3) is 0.393. The van der Waals surface area contributed by atoms with Gasteiger partial charge in [0.1, 0.15) is 23.7 Å². The molecule has 1 saturated heterocycles. The Morgan fingerprint density at radius 2 is 1.96 bits per heavy atom. The third kappa shape index (κ3) is 7.59. The molecule has 0 unspecified atom stereocenters. The summed E-state index contributed by atoms with van der Waals surface area (Å²) in [5, 5.41) is 50.3. The van der Waals surface area contributed by atoms with Gasteiger partial charge >= 0.3 is 5.97 Å². The number of anilines is 1. The van der Waals surface area contributed by atoms with Gasteiger partial charge in [-0.2, -0.15) is 0 Å². The van der Waals surface area contributed by atoms with Gasteiger partial charge in [-0.15, -0.1) is 23.1 Å². The third-order valence-electron chi connectivity index (χ3n) is 7.35. The number of phenols is 2. The normalized spacial score (nSPS) is 18.1. The van der Waals surface area contributed by atoms with Crippen molar-refractivity contribution in [2.45, 2.75) is 30.9 Å². The highest BCUT2D eigenvalue weighted by Crippen LogP contribution is 2.40. The lowest BCUT2D eigenvalue weighted by Gasteiger charge is -2.51. The predicted molar refractivity (Wildman–Crippen MR) is 172 cm³/mol. The van der Waals surface area contributed by atoms with Crippen LogP contribution in [0.4, 0.5) is 5.13 Å². The quantitative estimate of drug-likeness (QED) is 0.0491. The smallest absolute Gasteiger partial charge is 0.350 e. The highest BCUT2D eigenvalue weighted by molar-refractivity contribution is 8.00. The van der Waals surface area contributed by atoms with Gasteiger partial charge in [0.05, 0.1) is 49.4 Å². The van der Waals surface area contributed by atoms with Crippen LogP contribution in [-0.2, 0) is 24.0 Å². The number of nitrogen functional groups attached to an aromatic ring is 1. The van der Waals surface area contributed by atoms with Crippen LogP contribution < -0.4 is 21.5 Å². The fourth-order valence-corrected chi connectivity index (χ4v) is 6.82. The second kappa shape index (κ2) is 13.9. The average Bonchev–Trinajstić information content (AvgIpc) is 3.43.